The molecule has 0 bridgehead atoms. The van der Waals surface area contributed by atoms with E-state index in [1.165, 1.54) is 5.56 Å². The summed E-state index contributed by atoms with van der Waals surface area (Å²) in [6.07, 6.45) is 0. The van der Waals surface area contributed by atoms with Gasteiger partial charge in [0.25, 0.3) is 0 Å². The van der Waals surface area contributed by atoms with Crippen molar-refractivity contribution >= 4 is 5.82 Å². The molecule has 0 aliphatic heterocycles. The number of hydrogen-bond donors (Lipinski definition) is 1. The fourth-order valence-corrected chi connectivity index (χ4v) is 1.66. The average Bonchev–Trinajstić information content (AvgIpc) is 2.74. The zero-order valence-electron chi connectivity index (χ0n) is 11.9. The number of nitrogens with two attached hydrogens (primary N) is 1. The Hall–Kier alpha value is -1.77. The van der Waals surface area contributed by atoms with E-state index in [4.69, 9.17) is 5.73 Å². The van der Waals surface area contributed by atoms with E-state index in [1.54, 1.807) is 4.68 Å². The summed E-state index contributed by atoms with van der Waals surface area (Å²) in [7, 11) is 0. The standard InChI is InChI=1S/C13H17N3.C2H6/c1-9(2)12-8-13(14)16(15-12)11-6-4-5-10(3)7-11;1-2/h4-9H,14H2,1-3H3;1-2H3. The van der Waals surface area contributed by atoms with E-state index in [-0.39, 0.29) is 0 Å². The summed E-state index contributed by atoms with van der Waals surface area (Å²) in [6, 6.07) is 10.1. The van der Waals surface area contributed by atoms with Gasteiger partial charge in [-0.15, -0.1) is 0 Å². The Morgan fingerprint density at radius 1 is 1.17 bits per heavy atom. The van der Waals surface area contributed by atoms with E-state index in [0.29, 0.717) is 11.7 Å². The van der Waals surface area contributed by atoms with E-state index in [0.717, 1.165) is 11.4 Å². The van der Waals surface area contributed by atoms with Gasteiger partial charge in [-0.1, -0.05) is 39.8 Å². The van der Waals surface area contributed by atoms with Crippen molar-refractivity contribution in [2.75, 3.05) is 5.73 Å². The van der Waals surface area contributed by atoms with Crippen LogP contribution in [0.2, 0.25) is 0 Å². The molecule has 0 unspecified atom stereocenters. The number of anilines is 1. The second-order valence-corrected chi connectivity index (χ2v) is 4.40. The van der Waals surface area contributed by atoms with Crippen LogP contribution in [-0.4, -0.2) is 9.78 Å². The van der Waals surface area contributed by atoms with Crippen LogP contribution < -0.4 is 5.73 Å². The van der Waals surface area contributed by atoms with Crippen LogP contribution in [0.3, 0.4) is 0 Å². The molecule has 98 valence electrons. The molecule has 0 amide bonds. The van der Waals surface area contributed by atoms with Crippen molar-refractivity contribution in [2.45, 2.75) is 40.5 Å². The summed E-state index contributed by atoms with van der Waals surface area (Å²) in [5.74, 6) is 1.09. The highest BCUT2D eigenvalue weighted by Crippen LogP contribution is 2.20. The maximum absolute atomic E-state index is 5.96. The third kappa shape index (κ3) is 3.13. The van der Waals surface area contributed by atoms with Gasteiger partial charge in [0.05, 0.1) is 11.4 Å². The first kappa shape index (κ1) is 14.3. The Kier molecular flexibility index (Phi) is 4.95. The fourth-order valence-electron chi connectivity index (χ4n) is 1.66. The van der Waals surface area contributed by atoms with Crippen molar-refractivity contribution in [1.82, 2.24) is 9.78 Å². The van der Waals surface area contributed by atoms with Gasteiger partial charge in [0, 0.05) is 6.07 Å². The Bertz CT molecular complexity index is 498. The van der Waals surface area contributed by atoms with Crippen LogP contribution in [0.1, 0.15) is 44.9 Å². The Morgan fingerprint density at radius 2 is 1.83 bits per heavy atom. The van der Waals surface area contributed by atoms with Crippen LogP contribution in [-0.2, 0) is 0 Å². The van der Waals surface area contributed by atoms with Gasteiger partial charge in [0.2, 0.25) is 0 Å². The predicted molar refractivity (Wildman–Crippen MR) is 78.2 cm³/mol. The minimum atomic E-state index is 0.397. The summed E-state index contributed by atoms with van der Waals surface area (Å²) in [5.41, 5.74) is 9.21. The molecule has 1 heterocycles. The topological polar surface area (TPSA) is 43.8 Å². The van der Waals surface area contributed by atoms with Crippen LogP contribution >= 0.6 is 0 Å². The molecule has 1 aromatic heterocycles. The van der Waals surface area contributed by atoms with E-state index >= 15 is 0 Å². The van der Waals surface area contributed by atoms with Crippen molar-refractivity contribution in [3.05, 3.63) is 41.6 Å². The van der Waals surface area contributed by atoms with Crippen molar-refractivity contribution < 1.29 is 0 Å². The summed E-state index contributed by atoms with van der Waals surface area (Å²) >= 11 is 0. The van der Waals surface area contributed by atoms with Crippen LogP contribution in [0.25, 0.3) is 5.69 Å². The van der Waals surface area contributed by atoms with E-state index in [2.05, 4.69) is 38.0 Å². The maximum atomic E-state index is 5.96. The Morgan fingerprint density at radius 3 is 2.33 bits per heavy atom. The number of nitrogen functional groups attached to an aromatic ring is 1. The quantitative estimate of drug-likeness (QED) is 0.871. The summed E-state index contributed by atoms with van der Waals surface area (Å²) in [4.78, 5) is 0. The minimum Gasteiger partial charge on any atom is -0.384 e. The largest absolute Gasteiger partial charge is 0.384 e. The average molecular weight is 245 g/mol. The van der Waals surface area contributed by atoms with Gasteiger partial charge in [-0.05, 0) is 30.5 Å². The first-order chi connectivity index (χ1) is 8.58. The number of hydrogen-bond acceptors (Lipinski definition) is 2. The SMILES string of the molecule is CC.Cc1cccc(-n2nc(C(C)C)cc2N)c1. The molecule has 0 radical (unpaired) electrons. The lowest BCUT2D eigenvalue weighted by molar-refractivity contribution is 0.771. The number of benzene rings is 1. The van der Waals surface area contributed by atoms with Crippen LogP contribution in [0.4, 0.5) is 5.82 Å². The molecule has 0 atom stereocenters. The highest BCUT2D eigenvalue weighted by Gasteiger charge is 2.09. The zero-order valence-corrected chi connectivity index (χ0v) is 11.9. The molecule has 0 fully saturated rings. The molecule has 0 aliphatic rings. The number of aromatic nitrogens is 2. The molecular weight excluding hydrogens is 222 g/mol. The molecule has 0 spiro atoms. The van der Waals surface area contributed by atoms with Crippen molar-refractivity contribution in [3.8, 4) is 5.69 Å². The minimum absolute atomic E-state index is 0.397. The lowest BCUT2D eigenvalue weighted by Crippen LogP contribution is -2.02. The summed E-state index contributed by atoms with van der Waals surface area (Å²) < 4.78 is 1.79. The summed E-state index contributed by atoms with van der Waals surface area (Å²) in [5, 5.41) is 4.51. The van der Waals surface area contributed by atoms with Gasteiger partial charge >= 0.3 is 0 Å². The second-order valence-electron chi connectivity index (χ2n) is 4.40. The second kappa shape index (κ2) is 6.24. The molecule has 2 rings (SSSR count). The Labute approximate surface area is 110 Å². The Balaban J connectivity index is 0.000000771. The maximum Gasteiger partial charge on any atom is 0.127 e. The highest BCUT2D eigenvalue weighted by atomic mass is 15.3. The van der Waals surface area contributed by atoms with Crippen LogP contribution in [0.15, 0.2) is 30.3 Å². The van der Waals surface area contributed by atoms with Gasteiger partial charge in [-0.25, -0.2) is 4.68 Å². The highest BCUT2D eigenvalue weighted by molar-refractivity contribution is 5.44. The van der Waals surface area contributed by atoms with Crippen molar-refractivity contribution in [1.29, 1.82) is 0 Å². The predicted octanol–water partition coefficient (Wildman–Crippen LogP) is 3.91. The molecule has 18 heavy (non-hydrogen) atoms. The van der Waals surface area contributed by atoms with Crippen molar-refractivity contribution in [2.24, 2.45) is 0 Å². The van der Waals surface area contributed by atoms with Gasteiger partial charge in [0.1, 0.15) is 5.82 Å². The van der Waals surface area contributed by atoms with Gasteiger partial charge in [-0.2, -0.15) is 5.10 Å². The van der Waals surface area contributed by atoms with Gasteiger partial charge in [-0.3, -0.25) is 0 Å². The van der Waals surface area contributed by atoms with Crippen molar-refractivity contribution in [3.63, 3.8) is 0 Å². The first-order valence-electron chi connectivity index (χ1n) is 6.50. The molecule has 3 nitrogen and oxygen atoms in total. The lowest BCUT2D eigenvalue weighted by Gasteiger charge is -2.04. The molecule has 0 saturated carbocycles. The van der Waals surface area contributed by atoms with Crippen LogP contribution in [0.5, 0.6) is 0 Å². The van der Waals surface area contributed by atoms with E-state index in [9.17, 15) is 0 Å². The summed E-state index contributed by atoms with van der Waals surface area (Å²) in [6.45, 7) is 10.3. The van der Waals surface area contributed by atoms with E-state index < -0.39 is 0 Å². The van der Waals surface area contributed by atoms with Crippen LogP contribution in [0, 0.1) is 6.92 Å². The third-order valence-corrected chi connectivity index (χ3v) is 2.59. The molecular formula is C15H23N3. The molecule has 1 aromatic carbocycles. The number of aryl methyl sites for hydroxylation is 1. The zero-order chi connectivity index (χ0) is 13.7. The molecule has 0 aliphatic carbocycles. The van der Waals surface area contributed by atoms with Gasteiger partial charge in [0.15, 0.2) is 0 Å². The number of nitrogens with zero attached hydrogens (tertiary/aromatic N) is 2. The smallest absolute Gasteiger partial charge is 0.127 e. The lowest BCUT2D eigenvalue weighted by atomic mass is 10.1. The van der Waals surface area contributed by atoms with E-state index in [1.807, 2.05) is 32.0 Å². The third-order valence-electron chi connectivity index (χ3n) is 2.59. The monoisotopic (exact) mass is 245 g/mol. The normalized spacial score (nSPS) is 10.1. The molecule has 2 aromatic rings. The molecule has 0 saturated heterocycles. The molecule has 3 heteroatoms. The molecule has 2 N–H and O–H groups in total. The fraction of sp³-hybridized carbons (Fsp3) is 0.400. The number of rotatable bonds is 2. The first-order valence-corrected chi connectivity index (χ1v) is 6.50. The van der Waals surface area contributed by atoms with Gasteiger partial charge < -0.3 is 5.73 Å².